The van der Waals surface area contributed by atoms with E-state index in [4.69, 9.17) is 13.9 Å². The molecule has 1 amide bonds. The number of aromatic nitrogens is 2. The first-order chi connectivity index (χ1) is 13.9. The summed E-state index contributed by atoms with van der Waals surface area (Å²) in [6.45, 7) is 6.34. The summed E-state index contributed by atoms with van der Waals surface area (Å²) in [5.41, 5.74) is 0.697. The SMILES string of the molecule is COc1cc(OC)cc(-c2nnc(S[C@H](C)C(=O)N[C@@H]3CCC[C@@H](C)[C@H]3C)o2)c1. The zero-order valence-corrected chi connectivity index (χ0v) is 18.4. The van der Waals surface area contributed by atoms with Crippen molar-refractivity contribution < 1.29 is 18.7 Å². The molecule has 0 unspecified atom stereocenters. The van der Waals surface area contributed by atoms with Crippen LogP contribution in [0.15, 0.2) is 27.8 Å². The summed E-state index contributed by atoms with van der Waals surface area (Å²) in [6, 6.07) is 5.60. The van der Waals surface area contributed by atoms with Crippen molar-refractivity contribution in [1.29, 1.82) is 0 Å². The molecule has 8 heteroatoms. The van der Waals surface area contributed by atoms with Crippen LogP contribution in [0.3, 0.4) is 0 Å². The van der Waals surface area contributed by atoms with Gasteiger partial charge in [0, 0.05) is 17.7 Å². The molecule has 1 aliphatic carbocycles. The lowest BCUT2D eigenvalue weighted by molar-refractivity contribution is -0.121. The largest absolute Gasteiger partial charge is 0.497 e. The van der Waals surface area contributed by atoms with E-state index < -0.39 is 0 Å². The average Bonchev–Trinajstić information content (AvgIpc) is 3.19. The Balaban J connectivity index is 1.64. The maximum atomic E-state index is 12.7. The molecule has 1 heterocycles. The van der Waals surface area contributed by atoms with E-state index >= 15 is 0 Å². The Bertz CT molecular complexity index is 819. The molecule has 0 spiro atoms. The highest BCUT2D eigenvalue weighted by atomic mass is 32.2. The number of rotatable bonds is 7. The van der Waals surface area contributed by atoms with Gasteiger partial charge in [-0.2, -0.15) is 0 Å². The summed E-state index contributed by atoms with van der Waals surface area (Å²) in [6.07, 6.45) is 3.43. The molecule has 0 aliphatic heterocycles. The second-order valence-corrected chi connectivity index (χ2v) is 8.91. The van der Waals surface area contributed by atoms with Gasteiger partial charge in [0.1, 0.15) is 11.5 Å². The minimum absolute atomic E-state index is 0.00347. The van der Waals surface area contributed by atoms with Crippen molar-refractivity contribution in [3.8, 4) is 23.0 Å². The Kier molecular flexibility index (Phi) is 7.05. The highest BCUT2D eigenvalue weighted by Crippen LogP contribution is 2.32. The molecule has 7 nitrogen and oxygen atoms in total. The number of benzene rings is 1. The molecule has 4 atom stereocenters. The molecule has 1 N–H and O–H groups in total. The molecule has 158 valence electrons. The molecule has 1 aromatic carbocycles. The van der Waals surface area contributed by atoms with E-state index in [1.54, 1.807) is 32.4 Å². The summed E-state index contributed by atoms with van der Waals surface area (Å²) in [7, 11) is 3.17. The van der Waals surface area contributed by atoms with Crippen LogP contribution in [0.1, 0.15) is 40.0 Å². The number of ether oxygens (including phenoxy) is 2. The van der Waals surface area contributed by atoms with E-state index in [1.807, 2.05) is 6.92 Å². The number of methoxy groups -OCH3 is 2. The van der Waals surface area contributed by atoms with Crippen LogP contribution in [0.2, 0.25) is 0 Å². The van der Waals surface area contributed by atoms with Gasteiger partial charge in [0.15, 0.2) is 0 Å². The van der Waals surface area contributed by atoms with Gasteiger partial charge >= 0.3 is 0 Å². The van der Waals surface area contributed by atoms with Crippen molar-refractivity contribution in [2.75, 3.05) is 14.2 Å². The van der Waals surface area contributed by atoms with Crippen molar-refractivity contribution in [2.45, 2.75) is 56.5 Å². The van der Waals surface area contributed by atoms with Gasteiger partial charge in [-0.3, -0.25) is 4.79 Å². The number of carbonyl (C=O) groups excluding carboxylic acids is 1. The quantitative estimate of drug-likeness (QED) is 0.674. The van der Waals surface area contributed by atoms with Crippen molar-refractivity contribution in [2.24, 2.45) is 11.8 Å². The fraction of sp³-hybridized carbons (Fsp3) is 0.571. The number of hydrogen-bond donors (Lipinski definition) is 1. The fourth-order valence-corrected chi connectivity index (χ4v) is 4.29. The van der Waals surface area contributed by atoms with Gasteiger partial charge in [0.05, 0.1) is 19.5 Å². The van der Waals surface area contributed by atoms with E-state index in [2.05, 4.69) is 29.4 Å². The molecule has 1 aromatic heterocycles. The minimum Gasteiger partial charge on any atom is -0.497 e. The van der Waals surface area contributed by atoms with E-state index in [0.29, 0.717) is 40.0 Å². The van der Waals surface area contributed by atoms with Crippen LogP contribution in [0.25, 0.3) is 11.5 Å². The summed E-state index contributed by atoms with van der Waals surface area (Å²) in [5, 5.41) is 11.4. The second-order valence-electron chi connectivity index (χ2n) is 7.62. The third kappa shape index (κ3) is 5.23. The highest BCUT2D eigenvalue weighted by molar-refractivity contribution is 8.00. The van der Waals surface area contributed by atoms with Gasteiger partial charge in [-0.05, 0) is 37.3 Å². The summed E-state index contributed by atoms with van der Waals surface area (Å²) >= 11 is 1.26. The molecule has 29 heavy (non-hydrogen) atoms. The summed E-state index contributed by atoms with van der Waals surface area (Å²) in [5.74, 6) is 2.75. The zero-order chi connectivity index (χ0) is 21.0. The zero-order valence-electron chi connectivity index (χ0n) is 17.6. The van der Waals surface area contributed by atoms with E-state index in [9.17, 15) is 4.79 Å². The summed E-state index contributed by atoms with van der Waals surface area (Å²) < 4.78 is 16.3. The highest BCUT2D eigenvalue weighted by Gasteiger charge is 2.30. The van der Waals surface area contributed by atoms with Crippen LogP contribution in [-0.4, -0.2) is 41.6 Å². The van der Waals surface area contributed by atoms with Crippen LogP contribution in [0, 0.1) is 11.8 Å². The molecule has 1 aliphatic rings. The van der Waals surface area contributed by atoms with Gasteiger partial charge in [0.2, 0.25) is 11.8 Å². The summed E-state index contributed by atoms with van der Waals surface area (Å²) in [4.78, 5) is 12.7. The Morgan fingerprint density at radius 3 is 2.52 bits per heavy atom. The Morgan fingerprint density at radius 2 is 1.86 bits per heavy atom. The van der Waals surface area contributed by atoms with Crippen LogP contribution in [0.5, 0.6) is 11.5 Å². The third-order valence-corrected chi connectivity index (χ3v) is 6.62. The predicted octanol–water partition coefficient (Wildman–Crippen LogP) is 4.18. The van der Waals surface area contributed by atoms with Gasteiger partial charge in [-0.1, -0.05) is 38.5 Å². The first kappa shape index (κ1) is 21.5. The van der Waals surface area contributed by atoms with E-state index in [-0.39, 0.29) is 17.2 Å². The molecular weight excluding hydrogens is 390 g/mol. The number of nitrogens with zero attached hydrogens (tertiary/aromatic N) is 2. The van der Waals surface area contributed by atoms with Crippen molar-refractivity contribution in [3.05, 3.63) is 18.2 Å². The average molecular weight is 420 g/mol. The number of amides is 1. The molecule has 0 radical (unpaired) electrons. The number of nitrogens with one attached hydrogen (secondary N) is 1. The van der Waals surface area contributed by atoms with Gasteiger partial charge in [-0.25, -0.2) is 0 Å². The normalized spacial score (nSPS) is 22.7. The predicted molar refractivity (Wildman–Crippen MR) is 112 cm³/mol. The van der Waals surface area contributed by atoms with Crippen LogP contribution < -0.4 is 14.8 Å². The lowest BCUT2D eigenvalue weighted by Gasteiger charge is -2.35. The van der Waals surface area contributed by atoms with Crippen LogP contribution >= 0.6 is 11.8 Å². The van der Waals surface area contributed by atoms with Crippen molar-refractivity contribution >= 4 is 17.7 Å². The fourth-order valence-electron chi connectivity index (χ4n) is 3.60. The first-order valence-electron chi connectivity index (χ1n) is 9.95. The molecular formula is C21H29N3O4S. The Morgan fingerprint density at radius 1 is 1.17 bits per heavy atom. The molecule has 0 bridgehead atoms. The maximum Gasteiger partial charge on any atom is 0.277 e. The standard InChI is InChI=1S/C21H29N3O4S/c1-12-7-6-8-18(13(12)2)22-19(25)14(3)29-21-24-23-20(28-21)15-9-16(26-4)11-17(10-15)27-5/h9-14,18H,6-8H2,1-5H3,(H,22,25)/t12-,13-,14-,18-/m1/s1. The lowest BCUT2D eigenvalue weighted by atomic mass is 9.78. The lowest BCUT2D eigenvalue weighted by Crippen LogP contribution is -2.46. The van der Waals surface area contributed by atoms with Crippen molar-refractivity contribution in [3.63, 3.8) is 0 Å². The van der Waals surface area contributed by atoms with Crippen LogP contribution in [0.4, 0.5) is 0 Å². The van der Waals surface area contributed by atoms with Gasteiger partial charge < -0.3 is 19.2 Å². The molecule has 0 saturated heterocycles. The monoisotopic (exact) mass is 419 g/mol. The molecule has 3 rings (SSSR count). The second kappa shape index (κ2) is 9.52. The van der Waals surface area contributed by atoms with Gasteiger partial charge in [-0.15, -0.1) is 10.2 Å². The van der Waals surface area contributed by atoms with Gasteiger partial charge in [0.25, 0.3) is 5.22 Å². The molecule has 1 fully saturated rings. The third-order valence-electron chi connectivity index (χ3n) is 5.69. The maximum absolute atomic E-state index is 12.7. The Hall–Kier alpha value is -2.22. The number of hydrogen-bond acceptors (Lipinski definition) is 7. The molecule has 2 aromatic rings. The minimum atomic E-state index is -0.326. The van der Waals surface area contributed by atoms with E-state index in [1.165, 1.54) is 18.2 Å². The first-order valence-corrected chi connectivity index (χ1v) is 10.8. The smallest absolute Gasteiger partial charge is 0.277 e. The topological polar surface area (TPSA) is 86.5 Å². The van der Waals surface area contributed by atoms with E-state index in [0.717, 1.165) is 12.8 Å². The number of thioether (sulfide) groups is 1. The number of carbonyl (C=O) groups is 1. The molecule has 1 saturated carbocycles. The van der Waals surface area contributed by atoms with Crippen molar-refractivity contribution in [1.82, 2.24) is 15.5 Å². The van der Waals surface area contributed by atoms with Crippen LogP contribution in [-0.2, 0) is 4.79 Å². The Labute approximate surface area is 175 Å².